The maximum atomic E-state index is 12.8. The van der Waals surface area contributed by atoms with Crippen LogP contribution in [0.5, 0.6) is 0 Å². The summed E-state index contributed by atoms with van der Waals surface area (Å²) >= 11 is 6.71. The Bertz CT molecular complexity index is 1210. The lowest BCUT2D eigenvalue weighted by Crippen LogP contribution is -2.55. The molecule has 7 rings (SSSR count). The number of nitrogens with zero attached hydrogens (tertiary/aromatic N) is 1. The van der Waals surface area contributed by atoms with E-state index in [0.717, 1.165) is 28.8 Å². The molecule has 5 heteroatoms. The molecule has 4 fully saturated rings. The first-order valence-corrected chi connectivity index (χ1v) is 11.5. The second-order valence-corrected chi connectivity index (χ2v) is 10.6. The van der Waals surface area contributed by atoms with Crippen LogP contribution in [0.2, 0.25) is 5.02 Å². The minimum Gasteiger partial charge on any atom is -0.345 e. The van der Waals surface area contributed by atoms with Gasteiger partial charge in [-0.2, -0.15) is 0 Å². The standard InChI is InChI=1S/C25H24ClN3O/c26-19-8-17(25-11-15-5-14-6-18(12-25)24(25,9-14)10-15)2-4-20(19)29-23(30)16-1-3-21-22(7-16)28-13-27-21/h1-4,7-8,13-15,18H,5-6,9-12H2,(H,27,28)(H,29,30). The van der Waals surface area contributed by atoms with Gasteiger partial charge >= 0.3 is 0 Å². The lowest BCUT2D eigenvalue weighted by atomic mass is 9.44. The first-order chi connectivity index (χ1) is 14.6. The van der Waals surface area contributed by atoms with Gasteiger partial charge in [0.15, 0.2) is 0 Å². The Morgan fingerprint density at radius 2 is 1.97 bits per heavy atom. The van der Waals surface area contributed by atoms with Crippen LogP contribution in [0.1, 0.15) is 54.4 Å². The molecular weight excluding hydrogens is 394 g/mol. The highest BCUT2D eigenvalue weighted by Crippen LogP contribution is 2.81. The second-order valence-electron chi connectivity index (χ2n) is 10.2. The number of H-pyrrole nitrogens is 1. The minimum atomic E-state index is -0.156. The fourth-order valence-electron chi connectivity index (χ4n) is 8.09. The number of hydrogen-bond acceptors (Lipinski definition) is 2. The molecular formula is C25H24ClN3O. The topological polar surface area (TPSA) is 57.8 Å². The van der Waals surface area contributed by atoms with Crippen LogP contribution in [0.3, 0.4) is 0 Å². The average molecular weight is 418 g/mol. The number of nitrogens with one attached hydrogen (secondary N) is 2. The summed E-state index contributed by atoms with van der Waals surface area (Å²) in [5.74, 6) is 2.66. The van der Waals surface area contributed by atoms with Crippen molar-refractivity contribution in [1.82, 2.24) is 9.97 Å². The Kier molecular flexibility index (Phi) is 3.28. The molecule has 2 aromatic carbocycles. The maximum absolute atomic E-state index is 12.8. The predicted octanol–water partition coefficient (Wildman–Crippen LogP) is 5.94. The van der Waals surface area contributed by atoms with E-state index in [2.05, 4.69) is 27.4 Å². The summed E-state index contributed by atoms with van der Waals surface area (Å²) in [6, 6.07) is 11.9. The molecule has 4 nitrogen and oxygen atoms in total. The minimum absolute atomic E-state index is 0.156. The van der Waals surface area contributed by atoms with E-state index >= 15 is 0 Å². The lowest BCUT2D eigenvalue weighted by Gasteiger charge is -2.59. The van der Waals surface area contributed by atoms with Gasteiger partial charge < -0.3 is 10.3 Å². The number of amides is 1. The van der Waals surface area contributed by atoms with Gasteiger partial charge in [-0.15, -0.1) is 0 Å². The fraction of sp³-hybridized carbons (Fsp3) is 0.440. The van der Waals surface area contributed by atoms with E-state index in [9.17, 15) is 4.79 Å². The van der Waals surface area contributed by atoms with Gasteiger partial charge in [0, 0.05) is 11.0 Å². The van der Waals surface area contributed by atoms with Crippen molar-refractivity contribution < 1.29 is 4.79 Å². The summed E-state index contributed by atoms with van der Waals surface area (Å²) in [5, 5.41) is 3.65. The van der Waals surface area contributed by atoms with Gasteiger partial charge in [-0.1, -0.05) is 17.7 Å². The summed E-state index contributed by atoms with van der Waals surface area (Å²) in [6.45, 7) is 0. The van der Waals surface area contributed by atoms with E-state index in [4.69, 9.17) is 11.6 Å². The van der Waals surface area contributed by atoms with Gasteiger partial charge in [0.1, 0.15) is 0 Å². The monoisotopic (exact) mass is 417 g/mol. The zero-order chi connectivity index (χ0) is 20.1. The number of halogens is 1. The molecule has 2 N–H and O–H groups in total. The molecule has 152 valence electrons. The highest BCUT2D eigenvalue weighted by atomic mass is 35.5. The van der Waals surface area contributed by atoms with E-state index in [1.165, 1.54) is 44.1 Å². The Morgan fingerprint density at radius 1 is 1.07 bits per heavy atom. The Labute approximate surface area is 180 Å². The van der Waals surface area contributed by atoms with Crippen LogP contribution in [0.4, 0.5) is 5.69 Å². The van der Waals surface area contributed by atoms with Crippen LogP contribution in [0.15, 0.2) is 42.7 Å². The first-order valence-electron chi connectivity index (χ1n) is 11.1. The van der Waals surface area contributed by atoms with Crippen molar-refractivity contribution in [3.63, 3.8) is 0 Å². The molecule has 3 bridgehead atoms. The molecule has 3 aromatic rings. The van der Waals surface area contributed by atoms with Crippen molar-refractivity contribution in [3.8, 4) is 0 Å². The molecule has 1 spiro atoms. The summed E-state index contributed by atoms with van der Waals surface area (Å²) < 4.78 is 0. The highest BCUT2D eigenvalue weighted by Gasteiger charge is 2.74. The summed E-state index contributed by atoms with van der Waals surface area (Å²) in [7, 11) is 0. The molecule has 1 amide bonds. The van der Waals surface area contributed by atoms with Crippen LogP contribution in [-0.2, 0) is 5.41 Å². The van der Waals surface area contributed by atoms with Crippen LogP contribution in [0, 0.1) is 23.2 Å². The third-order valence-corrected chi connectivity index (χ3v) is 9.32. The Balaban J connectivity index is 1.18. The number of rotatable bonds is 3. The summed E-state index contributed by atoms with van der Waals surface area (Å²) in [4.78, 5) is 20.0. The second kappa shape index (κ2) is 5.67. The van der Waals surface area contributed by atoms with Crippen molar-refractivity contribution in [2.24, 2.45) is 23.2 Å². The summed E-state index contributed by atoms with van der Waals surface area (Å²) in [6.07, 6.45) is 10.1. The first kappa shape index (κ1) is 17.4. The third kappa shape index (κ3) is 2.08. The van der Waals surface area contributed by atoms with Crippen LogP contribution in [-0.4, -0.2) is 15.9 Å². The SMILES string of the molecule is O=C(Nc1ccc(C23CC4CC5CC(C2)C3(C5)C4)cc1Cl)c1ccc2nc[nH]c2c1. The fourth-order valence-corrected chi connectivity index (χ4v) is 8.32. The van der Waals surface area contributed by atoms with E-state index in [1.54, 1.807) is 12.4 Å². The third-order valence-electron chi connectivity index (χ3n) is 9.01. The number of imidazole rings is 1. The number of carbonyl (C=O) groups excluding carboxylic acids is 1. The molecule has 5 unspecified atom stereocenters. The predicted molar refractivity (Wildman–Crippen MR) is 118 cm³/mol. The van der Waals surface area contributed by atoms with E-state index in [1.807, 2.05) is 18.2 Å². The number of hydrogen-bond donors (Lipinski definition) is 2. The Hall–Kier alpha value is -2.33. The smallest absolute Gasteiger partial charge is 0.255 e. The normalized spacial score (nSPS) is 35.4. The van der Waals surface area contributed by atoms with Crippen LogP contribution < -0.4 is 5.32 Å². The maximum Gasteiger partial charge on any atom is 0.255 e. The van der Waals surface area contributed by atoms with Crippen molar-refractivity contribution in [2.45, 2.75) is 43.9 Å². The van der Waals surface area contributed by atoms with Crippen molar-refractivity contribution in [3.05, 3.63) is 58.9 Å². The lowest BCUT2D eigenvalue weighted by molar-refractivity contribution is -0.0355. The summed E-state index contributed by atoms with van der Waals surface area (Å²) in [5.41, 5.74) is 5.27. The molecule has 4 aliphatic rings. The number of aromatic nitrogens is 2. The molecule has 4 aliphatic carbocycles. The number of carbonyl (C=O) groups is 1. The number of anilines is 1. The molecule has 4 saturated carbocycles. The van der Waals surface area contributed by atoms with Gasteiger partial charge in [0.05, 0.1) is 28.1 Å². The van der Waals surface area contributed by atoms with Crippen LogP contribution >= 0.6 is 11.6 Å². The van der Waals surface area contributed by atoms with Crippen LogP contribution in [0.25, 0.3) is 11.0 Å². The quantitative estimate of drug-likeness (QED) is 0.554. The van der Waals surface area contributed by atoms with E-state index < -0.39 is 0 Å². The molecule has 0 radical (unpaired) electrons. The highest BCUT2D eigenvalue weighted by molar-refractivity contribution is 6.34. The van der Waals surface area contributed by atoms with E-state index in [0.29, 0.717) is 27.1 Å². The average Bonchev–Trinajstić information content (AvgIpc) is 3.33. The molecule has 0 aliphatic heterocycles. The molecule has 1 aromatic heterocycles. The van der Waals surface area contributed by atoms with Gasteiger partial charge in [0.25, 0.3) is 5.91 Å². The Morgan fingerprint density at radius 3 is 2.87 bits per heavy atom. The van der Waals surface area contributed by atoms with Gasteiger partial charge in [-0.05, 0) is 97.6 Å². The van der Waals surface area contributed by atoms with Gasteiger partial charge in [-0.3, -0.25) is 4.79 Å². The van der Waals surface area contributed by atoms with Gasteiger partial charge in [0.2, 0.25) is 0 Å². The molecule has 1 heterocycles. The molecule has 0 saturated heterocycles. The number of benzene rings is 2. The largest absolute Gasteiger partial charge is 0.345 e. The van der Waals surface area contributed by atoms with Crippen molar-refractivity contribution in [2.75, 3.05) is 5.32 Å². The van der Waals surface area contributed by atoms with Crippen molar-refractivity contribution >= 4 is 34.2 Å². The van der Waals surface area contributed by atoms with Gasteiger partial charge in [-0.25, -0.2) is 4.98 Å². The van der Waals surface area contributed by atoms with E-state index in [-0.39, 0.29) is 5.91 Å². The number of aromatic amines is 1. The zero-order valence-electron chi connectivity index (χ0n) is 16.7. The van der Waals surface area contributed by atoms with Crippen molar-refractivity contribution in [1.29, 1.82) is 0 Å². The number of fused-ring (bicyclic) bond motifs is 3. The molecule has 5 atom stereocenters. The zero-order valence-corrected chi connectivity index (χ0v) is 17.5. The molecule has 30 heavy (non-hydrogen) atoms.